The van der Waals surface area contributed by atoms with Gasteiger partial charge in [0, 0.05) is 5.69 Å². The van der Waals surface area contributed by atoms with Crippen molar-refractivity contribution in [2.45, 2.75) is 6.10 Å². The minimum atomic E-state index is -0.542. The summed E-state index contributed by atoms with van der Waals surface area (Å²) >= 11 is 0. The van der Waals surface area contributed by atoms with Crippen LogP contribution in [0.2, 0.25) is 0 Å². The van der Waals surface area contributed by atoms with Gasteiger partial charge < -0.3 is 10.4 Å². The van der Waals surface area contributed by atoms with E-state index < -0.39 is 6.10 Å². The number of hydroxylamine groups is 2. The summed E-state index contributed by atoms with van der Waals surface area (Å²) in [5, 5.41) is 22.0. The summed E-state index contributed by atoms with van der Waals surface area (Å²) in [5.41, 5.74) is 1.06. The first kappa shape index (κ1) is 12.5. The first-order valence-corrected chi connectivity index (χ1v) is 5.53. The molecule has 2 N–H and O–H groups in total. The number of nitrogens with zero attached hydrogens (tertiary/aromatic N) is 2. The molecular weight excluding hydrogens is 234 g/mol. The van der Waals surface area contributed by atoms with Gasteiger partial charge in [-0.05, 0) is 18.2 Å². The van der Waals surface area contributed by atoms with E-state index in [1.54, 1.807) is 24.3 Å². The zero-order valence-corrected chi connectivity index (χ0v) is 9.67. The summed E-state index contributed by atoms with van der Waals surface area (Å²) in [5.74, 6) is -0.251. The number of β-amino-alcohol motifs (C(OH)–C–C–N with tert-alkyl or cyclic N) is 1. The SMILES string of the molecule is N#Cc1cccc(NC(=O)CN2C[C@@H](O)CO2)c1. The Balaban J connectivity index is 1.89. The molecule has 0 radical (unpaired) electrons. The third-order valence-corrected chi connectivity index (χ3v) is 2.46. The van der Waals surface area contributed by atoms with E-state index in [-0.39, 0.29) is 19.1 Å². The van der Waals surface area contributed by atoms with Crippen LogP contribution in [0.15, 0.2) is 24.3 Å². The molecule has 1 amide bonds. The summed E-state index contributed by atoms with van der Waals surface area (Å²) < 4.78 is 0. The van der Waals surface area contributed by atoms with E-state index >= 15 is 0 Å². The van der Waals surface area contributed by atoms with Crippen LogP contribution < -0.4 is 5.32 Å². The van der Waals surface area contributed by atoms with E-state index in [2.05, 4.69) is 5.32 Å². The number of nitriles is 1. The third kappa shape index (κ3) is 3.28. The molecule has 1 aliphatic heterocycles. The minimum Gasteiger partial charge on any atom is -0.389 e. The van der Waals surface area contributed by atoms with Crippen LogP contribution in [-0.4, -0.2) is 41.9 Å². The third-order valence-electron chi connectivity index (χ3n) is 2.46. The zero-order valence-electron chi connectivity index (χ0n) is 9.67. The van der Waals surface area contributed by atoms with Crippen molar-refractivity contribution in [3.63, 3.8) is 0 Å². The van der Waals surface area contributed by atoms with Crippen LogP contribution in [0.25, 0.3) is 0 Å². The number of benzene rings is 1. The second-order valence-electron chi connectivity index (χ2n) is 4.01. The van der Waals surface area contributed by atoms with Crippen LogP contribution in [0.3, 0.4) is 0 Å². The van der Waals surface area contributed by atoms with Gasteiger partial charge >= 0.3 is 0 Å². The Labute approximate surface area is 104 Å². The molecule has 1 atom stereocenters. The van der Waals surface area contributed by atoms with Crippen molar-refractivity contribution in [2.75, 3.05) is 25.0 Å². The molecule has 0 spiro atoms. The van der Waals surface area contributed by atoms with Gasteiger partial charge in [-0.2, -0.15) is 10.3 Å². The van der Waals surface area contributed by atoms with Crippen molar-refractivity contribution in [1.29, 1.82) is 5.26 Å². The molecule has 18 heavy (non-hydrogen) atoms. The molecule has 0 aromatic heterocycles. The highest BCUT2D eigenvalue weighted by atomic mass is 16.7. The number of anilines is 1. The lowest BCUT2D eigenvalue weighted by molar-refractivity contribution is -0.138. The molecule has 0 unspecified atom stereocenters. The second kappa shape index (κ2) is 5.60. The summed E-state index contributed by atoms with van der Waals surface area (Å²) in [7, 11) is 0. The summed E-state index contributed by atoms with van der Waals surface area (Å²) in [6.45, 7) is 0.594. The molecule has 6 heteroatoms. The topological polar surface area (TPSA) is 85.6 Å². The first-order chi connectivity index (χ1) is 8.67. The van der Waals surface area contributed by atoms with Crippen LogP contribution in [-0.2, 0) is 9.63 Å². The van der Waals surface area contributed by atoms with Crippen molar-refractivity contribution in [1.82, 2.24) is 5.06 Å². The van der Waals surface area contributed by atoms with Gasteiger partial charge in [0.15, 0.2) is 0 Å². The van der Waals surface area contributed by atoms with E-state index in [0.717, 1.165) is 0 Å². The van der Waals surface area contributed by atoms with Crippen LogP contribution in [0, 0.1) is 11.3 Å². The van der Waals surface area contributed by atoms with Crippen molar-refractivity contribution < 1.29 is 14.7 Å². The average Bonchev–Trinajstić information content (AvgIpc) is 2.74. The predicted octanol–water partition coefficient (Wildman–Crippen LogP) is 0.105. The van der Waals surface area contributed by atoms with Crippen LogP contribution >= 0.6 is 0 Å². The van der Waals surface area contributed by atoms with E-state index in [1.165, 1.54) is 5.06 Å². The fourth-order valence-electron chi connectivity index (χ4n) is 1.67. The maximum Gasteiger partial charge on any atom is 0.240 e. The molecule has 1 aliphatic rings. The van der Waals surface area contributed by atoms with Crippen LogP contribution in [0.5, 0.6) is 0 Å². The Hall–Kier alpha value is -1.94. The zero-order chi connectivity index (χ0) is 13.0. The quantitative estimate of drug-likeness (QED) is 0.791. The maximum absolute atomic E-state index is 11.7. The summed E-state index contributed by atoms with van der Waals surface area (Å²) in [6.07, 6.45) is -0.542. The summed E-state index contributed by atoms with van der Waals surface area (Å²) in [4.78, 5) is 16.8. The predicted molar refractivity (Wildman–Crippen MR) is 63.3 cm³/mol. The van der Waals surface area contributed by atoms with E-state index in [0.29, 0.717) is 17.8 Å². The van der Waals surface area contributed by atoms with Gasteiger partial charge in [-0.1, -0.05) is 6.07 Å². The lowest BCUT2D eigenvalue weighted by atomic mass is 10.2. The second-order valence-corrected chi connectivity index (χ2v) is 4.01. The van der Waals surface area contributed by atoms with Crippen molar-refractivity contribution >= 4 is 11.6 Å². The number of nitrogens with one attached hydrogen (secondary N) is 1. The smallest absolute Gasteiger partial charge is 0.240 e. The molecule has 1 aromatic carbocycles. The lowest BCUT2D eigenvalue weighted by Gasteiger charge is -2.13. The molecule has 1 heterocycles. The largest absolute Gasteiger partial charge is 0.389 e. The highest BCUT2D eigenvalue weighted by Crippen LogP contribution is 2.10. The lowest BCUT2D eigenvalue weighted by Crippen LogP contribution is -2.31. The Bertz CT molecular complexity index is 484. The molecule has 1 saturated heterocycles. The molecular formula is C12H13N3O3. The average molecular weight is 247 g/mol. The monoisotopic (exact) mass is 247 g/mol. The van der Waals surface area contributed by atoms with Gasteiger partial charge in [0.2, 0.25) is 5.91 Å². The van der Waals surface area contributed by atoms with Crippen molar-refractivity contribution in [3.05, 3.63) is 29.8 Å². The normalized spacial score (nSPS) is 19.4. The number of hydrogen-bond acceptors (Lipinski definition) is 5. The molecule has 94 valence electrons. The van der Waals surface area contributed by atoms with Crippen LogP contribution in [0.4, 0.5) is 5.69 Å². The number of aliphatic hydroxyl groups is 1. The van der Waals surface area contributed by atoms with Crippen LogP contribution in [0.1, 0.15) is 5.56 Å². The Morgan fingerprint density at radius 1 is 1.67 bits per heavy atom. The fourth-order valence-corrected chi connectivity index (χ4v) is 1.67. The van der Waals surface area contributed by atoms with Gasteiger partial charge in [0.1, 0.15) is 6.54 Å². The highest BCUT2D eigenvalue weighted by Gasteiger charge is 2.23. The molecule has 6 nitrogen and oxygen atoms in total. The molecule has 1 aromatic rings. The fraction of sp³-hybridized carbons (Fsp3) is 0.333. The number of hydrogen-bond donors (Lipinski definition) is 2. The Morgan fingerprint density at radius 3 is 3.17 bits per heavy atom. The maximum atomic E-state index is 11.7. The van der Waals surface area contributed by atoms with E-state index in [1.807, 2.05) is 6.07 Å². The number of rotatable bonds is 3. The van der Waals surface area contributed by atoms with E-state index in [9.17, 15) is 9.90 Å². The minimum absolute atomic E-state index is 0.0494. The van der Waals surface area contributed by atoms with Gasteiger partial charge in [-0.3, -0.25) is 9.63 Å². The molecule has 0 saturated carbocycles. The van der Waals surface area contributed by atoms with Gasteiger partial charge in [0.25, 0.3) is 0 Å². The number of aliphatic hydroxyl groups excluding tert-OH is 1. The highest BCUT2D eigenvalue weighted by molar-refractivity contribution is 5.92. The number of amides is 1. The van der Waals surface area contributed by atoms with Crippen molar-refractivity contribution in [2.24, 2.45) is 0 Å². The number of carbonyl (C=O) groups is 1. The molecule has 0 aliphatic carbocycles. The van der Waals surface area contributed by atoms with E-state index in [4.69, 9.17) is 10.1 Å². The summed E-state index contributed by atoms with van der Waals surface area (Å²) in [6, 6.07) is 8.66. The number of carbonyl (C=O) groups excluding carboxylic acids is 1. The molecule has 0 bridgehead atoms. The first-order valence-electron chi connectivity index (χ1n) is 5.53. The van der Waals surface area contributed by atoms with Gasteiger partial charge in [-0.25, -0.2) is 0 Å². The van der Waals surface area contributed by atoms with Gasteiger partial charge in [-0.15, -0.1) is 0 Å². The van der Waals surface area contributed by atoms with Crippen molar-refractivity contribution in [3.8, 4) is 6.07 Å². The Kier molecular flexibility index (Phi) is 3.89. The van der Waals surface area contributed by atoms with Gasteiger partial charge in [0.05, 0.1) is 30.9 Å². The Morgan fingerprint density at radius 2 is 2.50 bits per heavy atom. The molecule has 2 rings (SSSR count). The molecule has 1 fully saturated rings. The standard InChI is InChI=1S/C12H13N3O3/c13-5-9-2-1-3-10(4-9)14-12(17)7-15-6-11(16)8-18-15/h1-4,11,16H,6-8H2,(H,14,17)/t11-/m1/s1.